The molecule has 0 radical (unpaired) electrons. The van der Waals surface area contributed by atoms with Gasteiger partial charge in [0.25, 0.3) is 0 Å². The lowest BCUT2D eigenvalue weighted by atomic mass is 10.0. The van der Waals surface area contributed by atoms with Crippen molar-refractivity contribution >= 4 is 5.97 Å². The Morgan fingerprint density at radius 1 is 0.633 bits per heavy atom. The summed E-state index contributed by atoms with van der Waals surface area (Å²) in [4.78, 5) is 10.4. The Morgan fingerprint density at radius 3 is 1.49 bits per heavy atom. The SMILES string of the molecule is CCCC(O)c1ccc(O)c(O)c1.NC(Cc1ccc(O)cc1)C(=O)O.NCC(O)c1ccc(O)c(O)c1.NCCc1ccc(O)c(O)c1. The first-order chi connectivity index (χ1) is 23.1. The molecule has 0 heterocycles. The molecular formula is C35H47N3O11. The van der Waals surface area contributed by atoms with Gasteiger partial charge in [-0.05, 0) is 96.6 Å². The van der Waals surface area contributed by atoms with Crippen molar-refractivity contribution < 1.29 is 55.9 Å². The van der Waals surface area contributed by atoms with E-state index < -0.39 is 24.2 Å². The van der Waals surface area contributed by atoms with Crippen LogP contribution in [0, 0.1) is 0 Å². The average Bonchev–Trinajstić information content (AvgIpc) is 3.07. The molecule has 0 amide bonds. The van der Waals surface area contributed by atoms with Crippen LogP contribution in [0.4, 0.5) is 0 Å². The Labute approximate surface area is 284 Å². The van der Waals surface area contributed by atoms with Crippen LogP contribution in [0.2, 0.25) is 0 Å². The van der Waals surface area contributed by atoms with E-state index in [9.17, 15) is 15.0 Å². The van der Waals surface area contributed by atoms with Crippen molar-refractivity contribution in [3.8, 4) is 40.2 Å². The molecule has 0 saturated carbocycles. The Balaban J connectivity index is 0.000000327. The van der Waals surface area contributed by atoms with E-state index in [0.29, 0.717) is 30.5 Å². The first-order valence-corrected chi connectivity index (χ1v) is 15.2. The van der Waals surface area contributed by atoms with Crippen LogP contribution in [0.1, 0.15) is 54.2 Å². The lowest BCUT2D eigenvalue weighted by Crippen LogP contribution is -2.32. The summed E-state index contributed by atoms with van der Waals surface area (Å²) in [5, 5.41) is 90.4. The molecule has 49 heavy (non-hydrogen) atoms. The molecule has 0 bridgehead atoms. The molecule has 3 atom stereocenters. The molecular weight excluding hydrogens is 638 g/mol. The summed E-state index contributed by atoms with van der Waals surface area (Å²) in [7, 11) is 0. The van der Waals surface area contributed by atoms with Crippen LogP contribution < -0.4 is 17.2 Å². The van der Waals surface area contributed by atoms with Crippen LogP contribution in [-0.2, 0) is 17.6 Å². The number of hydrogen-bond acceptors (Lipinski definition) is 13. The molecule has 0 fully saturated rings. The second-order valence-corrected chi connectivity index (χ2v) is 10.7. The number of rotatable bonds is 10. The molecule has 0 spiro atoms. The highest BCUT2D eigenvalue weighted by molar-refractivity contribution is 5.73. The number of nitrogens with two attached hydrogens (primary N) is 3. The number of aliphatic hydroxyl groups is 2. The van der Waals surface area contributed by atoms with E-state index in [1.54, 1.807) is 24.3 Å². The van der Waals surface area contributed by atoms with Crippen LogP contribution in [0.3, 0.4) is 0 Å². The number of hydrogen-bond donors (Lipinski definition) is 13. The molecule has 268 valence electrons. The third-order valence-corrected chi connectivity index (χ3v) is 6.74. The van der Waals surface area contributed by atoms with Gasteiger partial charge in [-0.25, -0.2) is 0 Å². The molecule has 14 heteroatoms. The van der Waals surface area contributed by atoms with E-state index >= 15 is 0 Å². The minimum Gasteiger partial charge on any atom is -0.508 e. The fourth-order valence-electron chi connectivity index (χ4n) is 3.94. The summed E-state index contributed by atoms with van der Waals surface area (Å²) in [6, 6.07) is 18.6. The third kappa shape index (κ3) is 15.5. The third-order valence-electron chi connectivity index (χ3n) is 6.74. The highest BCUT2D eigenvalue weighted by Gasteiger charge is 2.12. The average molecular weight is 686 g/mol. The Morgan fingerprint density at radius 2 is 1.08 bits per heavy atom. The number of aliphatic hydroxyl groups excluding tert-OH is 2. The van der Waals surface area contributed by atoms with Crippen molar-refractivity contribution in [1.29, 1.82) is 0 Å². The van der Waals surface area contributed by atoms with Crippen LogP contribution in [0.15, 0.2) is 78.9 Å². The maximum atomic E-state index is 10.4. The Bertz CT molecular complexity index is 1570. The van der Waals surface area contributed by atoms with Gasteiger partial charge in [0.05, 0.1) is 12.2 Å². The zero-order chi connectivity index (χ0) is 37.1. The van der Waals surface area contributed by atoms with Gasteiger partial charge >= 0.3 is 5.97 Å². The van der Waals surface area contributed by atoms with Crippen molar-refractivity contribution in [2.45, 2.75) is 50.9 Å². The number of aromatic hydroxyl groups is 7. The molecule has 0 aromatic heterocycles. The minimum atomic E-state index is -1.02. The summed E-state index contributed by atoms with van der Waals surface area (Å²) in [6.07, 6.45) is 1.17. The van der Waals surface area contributed by atoms with Gasteiger partial charge in [-0.3, -0.25) is 4.79 Å². The van der Waals surface area contributed by atoms with E-state index in [-0.39, 0.29) is 53.2 Å². The monoisotopic (exact) mass is 685 g/mol. The largest absolute Gasteiger partial charge is 0.508 e. The molecule has 4 rings (SSSR count). The van der Waals surface area contributed by atoms with E-state index in [2.05, 4.69) is 0 Å². The number of phenolic OH excluding ortho intramolecular Hbond substituents is 7. The molecule has 14 nitrogen and oxygen atoms in total. The smallest absolute Gasteiger partial charge is 0.320 e. The lowest BCUT2D eigenvalue weighted by molar-refractivity contribution is -0.138. The van der Waals surface area contributed by atoms with E-state index in [0.717, 1.165) is 17.5 Å². The van der Waals surface area contributed by atoms with Gasteiger partial charge in [0.1, 0.15) is 11.8 Å². The summed E-state index contributed by atoms with van der Waals surface area (Å²) in [6.45, 7) is 2.61. The van der Waals surface area contributed by atoms with E-state index in [4.69, 9.17) is 58.1 Å². The first kappa shape index (κ1) is 41.8. The van der Waals surface area contributed by atoms with Crippen LogP contribution in [0.25, 0.3) is 0 Å². The van der Waals surface area contributed by atoms with Crippen LogP contribution in [-0.4, -0.2) is 76.2 Å². The number of carboxylic acid groups (broad SMARTS) is 1. The molecule has 0 aliphatic rings. The first-order valence-electron chi connectivity index (χ1n) is 15.2. The van der Waals surface area contributed by atoms with Crippen LogP contribution in [0.5, 0.6) is 40.2 Å². The molecule has 0 saturated heterocycles. The van der Waals surface area contributed by atoms with Gasteiger partial charge in [-0.1, -0.05) is 43.7 Å². The van der Waals surface area contributed by atoms with Gasteiger partial charge in [-0.15, -0.1) is 0 Å². The second-order valence-electron chi connectivity index (χ2n) is 10.7. The van der Waals surface area contributed by atoms with Crippen molar-refractivity contribution in [3.63, 3.8) is 0 Å². The fraction of sp³-hybridized carbons (Fsp3) is 0.286. The zero-order valence-corrected chi connectivity index (χ0v) is 27.1. The zero-order valence-electron chi connectivity index (χ0n) is 27.1. The topological polar surface area (TPSA) is 297 Å². The van der Waals surface area contributed by atoms with Crippen LogP contribution >= 0.6 is 0 Å². The highest BCUT2D eigenvalue weighted by Crippen LogP contribution is 2.29. The van der Waals surface area contributed by atoms with Gasteiger partial charge in [0.15, 0.2) is 34.5 Å². The van der Waals surface area contributed by atoms with E-state index in [1.807, 2.05) is 6.92 Å². The van der Waals surface area contributed by atoms with Gasteiger partial charge in [0, 0.05) is 6.54 Å². The number of benzene rings is 4. The van der Waals surface area contributed by atoms with Gasteiger partial charge in [-0.2, -0.15) is 0 Å². The minimum absolute atomic E-state index is 0.0871. The van der Waals surface area contributed by atoms with Crippen molar-refractivity contribution in [2.75, 3.05) is 13.1 Å². The van der Waals surface area contributed by atoms with Crippen molar-refractivity contribution in [3.05, 3.63) is 101 Å². The molecule has 16 N–H and O–H groups in total. The molecule has 0 aliphatic carbocycles. The predicted octanol–water partition coefficient (Wildman–Crippen LogP) is 2.97. The van der Waals surface area contributed by atoms with E-state index in [1.165, 1.54) is 54.6 Å². The number of carboxylic acids is 1. The quantitative estimate of drug-likeness (QED) is 0.107. The molecule has 4 aromatic rings. The predicted molar refractivity (Wildman–Crippen MR) is 183 cm³/mol. The molecule has 4 aromatic carbocycles. The molecule has 0 aliphatic heterocycles. The normalized spacial score (nSPS) is 12.0. The Hall–Kier alpha value is -5.25. The summed E-state index contributed by atoms with van der Waals surface area (Å²) in [5.74, 6) is -1.84. The molecule has 3 unspecified atom stereocenters. The summed E-state index contributed by atoms with van der Waals surface area (Å²) < 4.78 is 0. The Kier molecular flexibility index (Phi) is 18.4. The maximum absolute atomic E-state index is 10.4. The summed E-state index contributed by atoms with van der Waals surface area (Å²) in [5.41, 5.74) is 18.7. The number of carbonyl (C=O) groups is 1. The number of phenols is 7. The standard InChI is InChI=1S/C10H14O3.C9H11NO3.C8H11NO3.C8H11NO2/c1-2-3-8(11)7-4-5-9(12)10(13)6-7;10-8(9(12)13)5-6-1-3-7(11)4-2-6;9-4-8(12)5-1-2-6(10)7(11)3-5;9-4-3-6-1-2-7(10)8(11)5-6/h4-6,8,11-13H,2-3H2,1H3;1-4,8,11H,5,10H2,(H,12,13);1-3,8,10-12H,4,9H2;1-2,5,10-11H,3-4,9H2. The summed E-state index contributed by atoms with van der Waals surface area (Å²) >= 11 is 0. The lowest BCUT2D eigenvalue weighted by Gasteiger charge is -2.09. The van der Waals surface area contributed by atoms with Gasteiger partial charge < -0.3 is 68.3 Å². The second kappa shape index (κ2) is 21.6. The van der Waals surface area contributed by atoms with Crippen molar-refractivity contribution in [1.82, 2.24) is 0 Å². The maximum Gasteiger partial charge on any atom is 0.320 e. The fourth-order valence-corrected chi connectivity index (χ4v) is 3.94. The highest BCUT2D eigenvalue weighted by atomic mass is 16.4. The van der Waals surface area contributed by atoms with Gasteiger partial charge in [0.2, 0.25) is 0 Å². The number of aliphatic carboxylic acids is 1. The van der Waals surface area contributed by atoms with Crippen molar-refractivity contribution in [2.24, 2.45) is 17.2 Å².